The lowest BCUT2D eigenvalue weighted by atomic mass is 9.96. The van der Waals surface area contributed by atoms with E-state index in [0.717, 1.165) is 16.9 Å². The van der Waals surface area contributed by atoms with Crippen LogP contribution in [0.1, 0.15) is 11.1 Å². The molecular formula is C17H15Cl2NO2. The van der Waals surface area contributed by atoms with Crippen LogP contribution in [0.3, 0.4) is 0 Å². The highest BCUT2D eigenvalue weighted by Gasteiger charge is 2.25. The smallest absolute Gasteiger partial charge is 0.227 e. The maximum Gasteiger partial charge on any atom is 0.227 e. The molecule has 0 saturated heterocycles. The minimum absolute atomic E-state index is 0.0273. The van der Waals surface area contributed by atoms with Gasteiger partial charge in [0.05, 0.1) is 5.92 Å². The second-order valence-electron chi connectivity index (χ2n) is 5.27. The molecule has 2 aromatic carbocycles. The zero-order chi connectivity index (χ0) is 15.5. The third-order valence-corrected chi connectivity index (χ3v) is 4.30. The van der Waals surface area contributed by atoms with Gasteiger partial charge in [0.1, 0.15) is 12.4 Å². The van der Waals surface area contributed by atoms with E-state index in [1.807, 2.05) is 30.3 Å². The van der Waals surface area contributed by atoms with Gasteiger partial charge in [-0.25, -0.2) is 0 Å². The van der Waals surface area contributed by atoms with Crippen LogP contribution in [0.5, 0.6) is 5.75 Å². The summed E-state index contributed by atoms with van der Waals surface area (Å²) in [6, 6.07) is 13.1. The number of nitrogens with one attached hydrogen (secondary N) is 1. The van der Waals surface area contributed by atoms with E-state index in [-0.39, 0.29) is 11.8 Å². The van der Waals surface area contributed by atoms with E-state index >= 15 is 0 Å². The number of hydrogen-bond donors (Lipinski definition) is 1. The minimum Gasteiger partial charge on any atom is -0.492 e. The normalized spacial score (nSPS) is 16.5. The van der Waals surface area contributed by atoms with Crippen LogP contribution in [-0.4, -0.2) is 12.5 Å². The van der Waals surface area contributed by atoms with Gasteiger partial charge in [-0.15, -0.1) is 0 Å². The standard InChI is InChI=1S/C17H15Cl2NO2/c18-14-6-5-12(15(19)8-14)9-20-17(21)13-7-11-3-1-2-4-16(11)22-10-13/h1-6,8,13H,7,9-10H2,(H,20,21)/t13-/m0/s1. The molecule has 1 amide bonds. The minimum atomic E-state index is -0.180. The average Bonchev–Trinajstić information content (AvgIpc) is 2.53. The maximum absolute atomic E-state index is 12.3. The maximum atomic E-state index is 12.3. The molecule has 1 aliphatic heterocycles. The van der Waals surface area contributed by atoms with Gasteiger partial charge in [-0.3, -0.25) is 4.79 Å². The first-order valence-corrected chi connectivity index (χ1v) is 7.81. The Bertz CT molecular complexity index is 703. The summed E-state index contributed by atoms with van der Waals surface area (Å²) in [5, 5.41) is 4.05. The summed E-state index contributed by atoms with van der Waals surface area (Å²) in [6.45, 7) is 0.782. The van der Waals surface area contributed by atoms with E-state index in [1.54, 1.807) is 12.1 Å². The van der Waals surface area contributed by atoms with Gasteiger partial charge >= 0.3 is 0 Å². The van der Waals surface area contributed by atoms with Crippen LogP contribution in [0.2, 0.25) is 10.0 Å². The predicted octanol–water partition coefficient (Wildman–Crippen LogP) is 3.86. The highest BCUT2D eigenvalue weighted by molar-refractivity contribution is 6.35. The summed E-state index contributed by atoms with van der Waals surface area (Å²) in [6.07, 6.45) is 0.691. The molecule has 5 heteroatoms. The Morgan fingerprint density at radius 3 is 2.86 bits per heavy atom. The Labute approximate surface area is 139 Å². The summed E-state index contributed by atoms with van der Waals surface area (Å²) in [5.74, 6) is 0.661. The number of para-hydroxylation sites is 1. The summed E-state index contributed by atoms with van der Waals surface area (Å²) in [4.78, 5) is 12.3. The number of carbonyl (C=O) groups excluding carboxylic acids is 1. The molecule has 3 rings (SSSR count). The highest BCUT2D eigenvalue weighted by atomic mass is 35.5. The van der Waals surface area contributed by atoms with Crippen molar-refractivity contribution in [3.63, 3.8) is 0 Å². The molecule has 1 aliphatic rings. The van der Waals surface area contributed by atoms with Gasteiger partial charge in [0.15, 0.2) is 0 Å². The molecule has 2 aromatic rings. The number of rotatable bonds is 3. The lowest BCUT2D eigenvalue weighted by molar-refractivity contribution is -0.126. The quantitative estimate of drug-likeness (QED) is 0.924. The number of amides is 1. The number of fused-ring (bicyclic) bond motifs is 1. The zero-order valence-electron chi connectivity index (χ0n) is 11.8. The van der Waals surface area contributed by atoms with E-state index in [4.69, 9.17) is 27.9 Å². The van der Waals surface area contributed by atoms with Crippen LogP contribution in [0.15, 0.2) is 42.5 Å². The van der Waals surface area contributed by atoms with Gasteiger partial charge in [-0.1, -0.05) is 47.5 Å². The molecule has 0 fully saturated rings. The van der Waals surface area contributed by atoms with Crippen molar-refractivity contribution in [3.05, 3.63) is 63.6 Å². The molecule has 1 N–H and O–H groups in total. The number of carbonyl (C=O) groups is 1. The number of halogens is 2. The van der Waals surface area contributed by atoms with Crippen molar-refractivity contribution < 1.29 is 9.53 Å². The SMILES string of the molecule is O=C(NCc1ccc(Cl)cc1Cl)[C@@H]1COc2ccccc2C1. The Balaban J connectivity index is 1.61. The first kappa shape index (κ1) is 15.2. The zero-order valence-corrected chi connectivity index (χ0v) is 13.3. The van der Waals surface area contributed by atoms with Crippen LogP contribution in [0, 0.1) is 5.92 Å². The fourth-order valence-corrected chi connectivity index (χ4v) is 2.96. The van der Waals surface area contributed by atoms with Gasteiger partial charge in [0.25, 0.3) is 0 Å². The molecule has 1 heterocycles. The molecule has 1 atom stereocenters. The van der Waals surface area contributed by atoms with Crippen molar-refractivity contribution in [2.75, 3.05) is 6.61 Å². The lowest BCUT2D eigenvalue weighted by Crippen LogP contribution is -2.37. The van der Waals surface area contributed by atoms with Crippen LogP contribution in [0.25, 0.3) is 0 Å². The second kappa shape index (κ2) is 6.59. The molecule has 0 aliphatic carbocycles. The van der Waals surface area contributed by atoms with E-state index in [1.165, 1.54) is 0 Å². The third kappa shape index (κ3) is 3.37. The lowest BCUT2D eigenvalue weighted by Gasteiger charge is -2.24. The van der Waals surface area contributed by atoms with Crippen LogP contribution < -0.4 is 10.1 Å². The molecule has 114 valence electrons. The Morgan fingerprint density at radius 1 is 1.23 bits per heavy atom. The number of benzene rings is 2. The van der Waals surface area contributed by atoms with Crippen molar-refractivity contribution in [1.29, 1.82) is 0 Å². The van der Waals surface area contributed by atoms with Gasteiger partial charge in [-0.05, 0) is 35.7 Å². The Hall–Kier alpha value is -1.71. The van der Waals surface area contributed by atoms with E-state index in [0.29, 0.717) is 29.6 Å². The van der Waals surface area contributed by atoms with Crippen molar-refractivity contribution >= 4 is 29.1 Å². The summed E-state index contributed by atoms with van der Waals surface area (Å²) >= 11 is 12.0. The highest BCUT2D eigenvalue weighted by Crippen LogP contribution is 2.27. The van der Waals surface area contributed by atoms with Crippen molar-refractivity contribution in [3.8, 4) is 5.75 Å². The molecular weight excluding hydrogens is 321 g/mol. The topological polar surface area (TPSA) is 38.3 Å². The molecule has 0 radical (unpaired) electrons. The van der Waals surface area contributed by atoms with E-state index in [9.17, 15) is 4.79 Å². The fourth-order valence-electron chi connectivity index (χ4n) is 2.49. The first-order valence-electron chi connectivity index (χ1n) is 7.06. The van der Waals surface area contributed by atoms with Gasteiger partial charge < -0.3 is 10.1 Å². The van der Waals surface area contributed by atoms with E-state index in [2.05, 4.69) is 5.32 Å². The second-order valence-corrected chi connectivity index (χ2v) is 6.12. The van der Waals surface area contributed by atoms with Crippen LogP contribution in [-0.2, 0) is 17.8 Å². The van der Waals surface area contributed by atoms with Gasteiger partial charge in [0.2, 0.25) is 5.91 Å². The average molecular weight is 336 g/mol. The summed E-state index contributed by atoms with van der Waals surface area (Å²) < 4.78 is 5.64. The van der Waals surface area contributed by atoms with Crippen molar-refractivity contribution in [1.82, 2.24) is 5.32 Å². The van der Waals surface area contributed by atoms with E-state index < -0.39 is 0 Å². The Morgan fingerprint density at radius 2 is 2.05 bits per heavy atom. The fraction of sp³-hybridized carbons (Fsp3) is 0.235. The largest absolute Gasteiger partial charge is 0.492 e. The first-order chi connectivity index (χ1) is 10.6. The predicted molar refractivity (Wildman–Crippen MR) is 87.4 cm³/mol. The molecule has 0 bridgehead atoms. The number of hydrogen-bond acceptors (Lipinski definition) is 2. The molecule has 22 heavy (non-hydrogen) atoms. The molecule has 0 spiro atoms. The monoisotopic (exact) mass is 335 g/mol. The van der Waals surface area contributed by atoms with Gasteiger partial charge in [-0.2, -0.15) is 0 Å². The van der Waals surface area contributed by atoms with Crippen molar-refractivity contribution in [2.24, 2.45) is 5.92 Å². The third-order valence-electron chi connectivity index (χ3n) is 3.72. The summed E-state index contributed by atoms with van der Waals surface area (Å²) in [5.41, 5.74) is 1.91. The molecule has 0 aromatic heterocycles. The Kier molecular flexibility index (Phi) is 4.55. The summed E-state index contributed by atoms with van der Waals surface area (Å²) in [7, 11) is 0. The van der Waals surface area contributed by atoms with Crippen LogP contribution in [0.4, 0.5) is 0 Å². The molecule has 3 nitrogen and oxygen atoms in total. The van der Waals surface area contributed by atoms with Crippen LogP contribution >= 0.6 is 23.2 Å². The molecule has 0 unspecified atom stereocenters. The van der Waals surface area contributed by atoms with Gasteiger partial charge in [0, 0.05) is 16.6 Å². The number of ether oxygens (including phenoxy) is 1. The van der Waals surface area contributed by atoms with Crippen molar-refractivity contribution in [2.45, 2.75) is 13.0 Å². The molecule has 0 saturated carbocycles.